The minimum absolute atomic E-state index is 0.0229. The summed E-state index contributed by atoms with van der Waals surface area (Å²) >= 11 is 4.63. The number of likely N-dealkylation sites (N-methyl/N-ethyl adjacent to an activating group) is 1. The quantitative estimate of drug-likeness (QED) is 0.617. The molecule has 0 aliphatic carbocycles. The molecule has 1 aliphatic rings. The summed E-state index contributed by atoms with van der Waals surface area (Å²) in [5, 5.41) is 11.5. The standard InChI is InChI=1S/C20H17BrN2O5S/c1-23-18(24)16(9-11-7-14(21)17(28-3)15(8-11)27-2)29-20(23)22-13-6-4-5-12(10-13)19(25)26/h4-10H,1-3H3,(H,25,26)/p-1/b16-9-,22-20?. The summed E-state index contributed by atoms with van der Waals surface area (Å²) in [6.07, 6.45) is 1.73. The maximum absolute atomic E-state index is 12.6. The number of benzene rings is 2. The molecule has 2 aromatic rings. The van der Waals surface area contributed by atoms with Crippen molar-refractivity contribution in [3.8, 4) is 11.5 Å². The number of carboxylic acids is 1. The average Bonchev–Trinajstić information content (AvgIpc) is 2.95. The number of amides is 1. The number of amidine groups is 1. The zero-order valence-corrected chi connectivity index (χ0v) is 18.2. The summed E-state index contributed by atoms with van der Waals surface area (Å²) in [6, 6.07) is 9.64. The van der Waals surface area contributed by atoms with Gasteiger partial charge in [0, 0.05) is 7.05 Å². The van der Waals surface area contributed by atoms with Crippen molar-refractivity contribution in [2.24, 2.45) is 4.99 Å². The van der Waals surface area contributed by atoms with Crippen molar-refractivity contribution in [3.05, 3.63) is 56.9 Å². The van der Waals surface area contributed by atoms with E-state index in [4.69, 9.17) is 9.47 Å². The maximum Gasteiger partial charge on any atom is 0.266 e. The van der Waals surface area contributed by atoms with Crippen molar-refractivity contribution in [2.45, 2.75) is 0 Å². The smallest absolute Gasteiger partial charge is 0.266 e. The summed E-state index contributed by atoms with van der Waals surface area (Å²) in [6.45, 7) is 0. The second kappa shape index (κ2) is 8.71. The highest BCUT2D eigenvalue weighted by Crippen LogP contribution is 2.39. The van der Waals surface area contributed by atoms with Crippen molar-refractivity contribution < 1.29 is 24.2 Å². The summed E-state index contributed by atoms with van der Waals surface area (Å²) in [7, 11) is 4.70. The third kappa shape index (κ3) is 4.46. The highest BCUT2D eigenvalue weighted by molar-refractivity contribution is 9.10. The topological polar surface area (TPSA) is 91.3 Å². The summed E-state index contributed by atoms with van der Waals surface area (Å²) in [4.78, 5) is 29.9. The highest BCUT2D eigenvalue weighted by atomic mass is 79.9. The lowest BCUT2D eigenvalue weighted by molar-refractivity contribution is -0.255. The van der Waals surface area contributed by atoms with E-state index in [1.807, 2.05) is 6.07 Å². The van der Waals surface area contributed by atoms with E-state index in [1.165, 1.54) is 35.9 Å². The Labute approximate surface area is 180 Å². The van der Waals surface area contributed by atoms with Crippen LogP contribution in [-0.4, -0.2) is 43.2 Å². The van der Waals surface area contributed by atoms with Gasteiger partial charge in [0.15, 0.2) is 16.7 Å². The molecule has 9 heteroatoms. The van der Waals surface area contributed by atoms with Gasteiger partial charge in [-0.25, -0.2) is 4.99 Å². The number of rotatable bonds is 5. The molecule has 150 valence electrons. The summed E-state index contributed by atoms with van der Waals surface area (Å²) in [5.41, 5.74) is 1.19. The molecule has 0 radical (unpaired) electrons. The van der Waals surface area contributed by atoms with E-state index in [0.717, 1.165) is 5.56 Å². The van der Waals surface area contributed by atoms with Crippen LogP contribution in [-0.2, 0) is 4.79 Å². The lowest BCUT2D eigenvalue weighted by Gasteiger charge is -2.10. The normalized spacial score (nSPS) is 16.6. The van der Waals surface area contributed by atoms with Crippen LogP contribution < -0.4 is 14.6 Å². The Bertz CT molecular complexity index is 1050. The zero-order valence-electron chi connectivity index (χ0n) is 15.8. The average molecular weight is 476 g/mol. The first kappa shape index (κ1) is 20.9. The molecule has 0 N–H and O–H groups in total. The molecule has 0 aromatic heterocycles. The van der Waals surface area contributed by atoms with Gasteiger partial charge in [0.1, 0.15) is 0 Å². The zero-order chi connectivity index (χ0) is 21.1. The van der Waals surface area contributed by atoms with Crippen LogP contribution >= 0.6 is 27.7 Å². The van der Waals surface area contributed by atoms with E-state index in [1.54, 1.807) is 38.4 Å². The van der Waals surface area contributed by atoms with Crippen LogP contribution in [0.25, 0.3) is 6.08 Å². The first-order valence-electron chi connectivity index (χ1n) is 8.33. The van der Waals surface area contributed by atoms with Gasteiger partial charge < -0.3 is 19.4 Å². The van der Waals surface area contributed by atoms with Gasteiger partial charge in [0.05, 0.1) is 35.3 Å². The Hall–Kier alpha value is -2.78. The van der Waals surface area contributed by atoms with Gasteiger partial charge in [0.2, 0.25) is 0 Å². The number of methoxy groups -OCH3 is 2. The second-order valence-electron chi connectivity index (χ2n) is 5.95. The number of carbonyl (C=O) groups is 2. The van der Waals surface area contributed by atoms with Gasteiger partial charge >= 0.3 is 0 Å². The van der Waals surface area contributed by atoms with Gasteiger partial charge in [-0.2, -0.15) is 0 Å². The molecular formula is C20H16BrN2O5S-. The molecule has 1 amide bonds. The molecule has 2 aromatic carbocycles. The van der Waals surface area contributed by atoms with Crippen molar-refractivity contribution in [1.29, 1.82) is 0 Å². The SMILES string of the molecule is COc1cc(/C=C2\SC(=Nc3cccc(C(=O)[O-])c3)N(C)C2=O)cc(Br)c1OC. The third-order valence-corrected chi connectivity index (χ3v) is 5.71. The number of aliphatic imine (C=N–C) groups is 1. The van der Waals surface area contributed by atoms with E-state index in [2.05, 4.69) is 20.9 Å². The Morgan fingerprint density at radius 2 is 2.00 bits per heavy atom. The molecule has 0 unspecified atom stereocenters. The molecule has 1 heterocycles. The van der Waals surface area contributed by atoms with E-state index in [0.29, 0.717) is 31.7 Å². The number of halogens is 1. The molecule has 1 fully saturated rings. The summed E-state index contributed by atoms with van der Waals surface area (Å²) < 4.78 is 11.3. The lowest BCUT2D eigenvalue weighted by atomic mass is 10.2. The van der Waals surface area contributed by atoms with Gasteiger partial charge in [-0.3, -0.25) is 9.69 Å². The number of nitrogens with zero attached hydrogens (tertiary/aromatic N) is 2. The minimum atomic E-state index is -1.28. The van der Waals surface area contributed by atoms with Crippen LogP contribution in [0.2, 0.25) is 0 Å². The Kier molecular flexibility index (Phi) is 6.29. The van der Waals surface area contributed by atoms with Gasteiger partial charge in [-0.15, -0.1) is 0 Å². The van der Waals surface area contributed by atoms with Gasteiger partial charge in [-0.1, -0.05) is 12.1 Å². The fourth-order valence-corrected chi connectivity index (χ4v) is 4.25. The van der Waals surface area contributed by atoms with Gasteiger partial charge in [0.25, 0.3) is 5.91 Å². The molecular weight excluding hydrogens is 460 g/mol. The minimum Gasteiger partial charge on any atom is -0.545 e. The van der Waals surface area contributed by atoms with Gasteiger partial charge in [-0.05, 0) is 69.2 Å². The molecule has 0 spiro atoms. The molecule has 3 rings (SSSR count). The Morgan fingerprint density at radius 1 is 1.24 bits per heavy atom. The largest absolute Gasteiger partial charge is 0.545 e. The molecule has 1 saturated heterocycles. The van der Waals surface area contributed by atoms with Crippen LogP contribution in [0.3, 0.4) is 0 Å². The predicted molar refractivity (Wildman–Crippen MR) is 113 cm³/mol. The van der Waals surface area contributed by atoms with Crippen molar-refractivity contribution >= 4 is 56.5 Å². The van der Waals surface area contributed by atoms with Crippen LogP contribution in [0, 0.1) is 0 Å². The molecule has 1 aliphatic heterocycles. The molecule has 0 atom stereocenters. The van der Waals surface area contributed by atoms with Crippen molar-refractivity contribution in [2.75, 3.05) is 21.3 Å². The molecule has 7 nitrogen and oxygen atoms in total. The highest BCUT2D eigenvalue weighted by Gasteiger charge is 2.30. The number of aromatic carboxylic acids is 1. The van der Waals surface area contributed by atoms with Crippen LogP contribution in [0.15, 0.2) is 50.8 Å². The number of hydrogen-bond donors (Lipinski definition) is 0. The number of carboxylic acid groups (broad SMARTS) is 1. The monoisotopic (exact) mass is 475 g/mol. The summed E-state index contributed by atoms with van der Waals surface area (Å²) in [5.74, 6) is -0.399. The molecule has 0 saturated carbocycles. The fourth-order valence-electron chi connectivity index (χ4n) is 2.64. The van der Waals surface area contributed by atoms with Crippen molar-refractivity contribution in [3.63, 3.8) is 0 Å². The lowest BCUT2D eigenvalue weighted by Crippen LogP contribution is -2.23. The van der Waals surface area contributed by atoms with Crippen molar-refractivity contribution in [1.82, 2.24) is 4.90 Å². The first-order chi connectivity index (χ1) is 13.8. The molecule has 0 bridgehead atoms. The Morgan fingerprint density at radius 3 is 2.66 bits per heavy atom. The third-order valence-electron chi connectivity index (χ3n) is 4.06. The van der Waals surface area contributed by atoms with Crippen LogP contribution in [0.4, 0.5) is 5.69 Å². The maximum atomic E-state index is 12.6. The number of ether oxygens (including phenoxy) is 2. The predicted octanol–water partition coefficient (Wildman–Crippen LogP) is 3.06. The van der Waals surface area contributed by atoms with E-state index < -0.39 is 5.97 Å². The number of carbonyl (C=O) groups excluding carboxylic acids is 2. The van der Waals surface area contributed by atoms with Crippen LogP contribution in [0.5, 0.6) is 11.5 Å². The van der Waals surface area contributed by atoms with E-state index in [-0.39, 0.29) is 11.5 Å². The second-order valence-corrected chi connectivity index (χ2v) is 7.81. The van der Waals surface area contributed by atoms with E-state index >= 15 is 0 Å². The Balaban J connectivity index is 1.94. The number of thioether (sulfide) groups is 1. The van der Waals surface area contributed by atoms with Crippen LogP contribution in [0.1, 0.15) is 15.9 Å². The first-order valence-corrected chi connectivity index (χ1v) is 9.94. The number of hydrogen-bond acceptors (Lipinski definition) is 7. The van der Waals surface area contributed by atoms with E-state index in [9.17, 15) is 14.7 Å². The fraction of sp³-hybridized carbons (Fsp3) is 0.150. The molecule has 29 heavy (non-hydrogen) atoms.